The summed E-state index contributed by atoms with van der Waals surface area (Å²) in [6.07, 6.45) is -4.55. The number of fused-ring (bicyclic) bond motifs is 1. The molecular weight excluding hydrogens is 407 g/mol. The zero-order valence-corrected chi connectivity index (χ0v) is 16.3. The van der Waals surface area contributed by atoms with Gasteiger partial charge in [0.2, 0.25) is 0 Å². The van der Waals surface area contributed by atoms with Gasteiger partial charge in [-0.05, 0) is 24.3 Å². The molecule has 0 aromatic heterocycles. The molecule has 28 heavy (non-hydrogen) atoms. The minimum Gasteiger partial charge on any atom is -0.394 e. The van der Waals surface area contributed by atoms with Crippen LogP contribution in [0.4, 0.5) is 0 Å². The monoisotopic (exact) mass is 426 g/mol. The first-order valence-corrected chi connectivity index (χ1v) is 9.68. The molecule has 6 nitrogen and oxygen atoms in total. The first-order valence-electron chi connectivity index (χ1n) is 8.93. The van der Waals surface area contributed by atoms with Crippen molar-refractivity contribution in [2.75, 3.05) is 13.2 Å². The lowest BCUT2D eigenvalue weighted by Crippen LogP contribution is -2.49. The number of hydrogen-bond acceptors (Lipinski definition) is 6. The van der Waals surface area contributed by atoms with Crippen molar-refractivity contribution < 1.29 is 29.2 Å². The van der Waals surface area contributed by atoms with Crippen molar-refractivity contribution >= 4 is 23.2 Å². The summed E-state index contributed by atoms with van der Waals surface area (Å²) in [5.74, 6) is 0. The molecule has 0 saturated carbocycles. The third-order valence-electron chi connectivity index (χ3n) is 4.81. The van der Waals surface area contributed by atoms with Gasteiger partial charge >= 0.3 is 0 Å². The highest BCUT2D eigenvalue weighted by atomic mass is 35.5. The number of aliphatic hydroxyl groups excluding tert-OH is 2. The Morgan fingerprint density at radius 2 is 1.32 bits per heavy atom. The number of halogens is 2. The molecule has 2 aliphatic rings. The van der Waals surface area contributed by atoms with Crippen LogP contribution in [0.3, 0.4) is 0 Å². The second-order valence-corrected chi connectivity index (χ2v) is 7.60. The van der Waals surface area contributed by atoms with E-state index < -0.39 is 37.0 Å². The van der Waals surface area contributed by atoms with E-state index >= 15 is 0 Å². The maximum absolute atomic E-state index is 10.6. The Morgan fingerprint density at radius 3 is 1.89 bits per heavy atom. The summed E-state index contributed by atoms with van der Waals surface area (Å²) >= 11 is 11.9. The van der Waals surface area contributed by atoms with Crippen molar-refractivity contribution in [3.05, 3.63) is 69.7 Å². The average molecular weight is 427 g/mol. The van der Waals surface area contributed by atoms with Gasteiger partial charge in [0.1, 0.15) is 24.4 Å². The molecule has 4 rings (SSSR count). The summed E-state index contributed by atoms with van der Waals surface area (Å²) in [6, 6.07) is 14.0. The SMILES string of the molecule is OC[C@@H]1OC(c2ccc(Cl)cc2)OC[C@@H](O)[C@@H]2OC(c3ccc(Cl)cc3)O[C@H]21. The lowest BCUT2D eigenvalue weighted by atomic mass is 10.0. The second-order valence-electron chi connectivity index (χ2n) is 6.73. The maximum Gasteiger partial charge on any atom is 0.184 e. The van der Waals surface area contributed by atoms with E-state index in [2.05, 4.69) is 0 Å². The predicted octanol–water partition coefficient (Wildman–Crippen LogP) is 3.24. The van der Waals surface area contributed by atoms with Crippen molar-refractivity contribution in [2.45, 2.75) is 37.0 Å². The number of hydrogen-bond donors (Lipinski definition) is 2. The average Bonchev–Trinajstić information content (AvgIpc) is 3.13. The Bertz CT molecular complexity index is 784. The highest BCUT2D eigenvalue weighted by Gasteiger charge is 2.47. The molecule has 0 radical (unpaired) electrons. The number of benzene rings is 2. The van der Waals surface area contributed by atoms with E-state index in [1.807, 2.05) is 0 Å². The molecule has 8 heteroatoms. The summed E-state index contributed by atoms with van der Waals surface area (Å²) in [5.41, 5.74) is 1.48. The molecule has 2 N–H and O–H groups in total. The van der Waals surface area contributed by atoms with Gasteiger partial charge < -0.3 is 29.2 Å². The number of ether oxygens (including phenoxy) is 4. The van der Waals surface area contributed by atoms with Crippen LogP contribution in [0.1, 0.15) is 23.7 Å². The van der Waals surface area contributed by atoms with Crippen LogP contribution in [0.2, 0.25) is 10.0 Å². The predicted molar refractivity (Wildman–Crippen MR) is 102 cm³/mol. The van der Waals surface area contributed by atoms with Gasteiger partial charge in [0, 0.05) is 21.2 Å². The van der Waals surface area contributed by atoms with Crippen molar-refractivity contribution in [1.82, 2.24) is 0 Å². The highest BCUT2D eigenvalue weighted by Crippen LogP contribution is 2.38. The van der Waals surface area contributed by atoms with E-state index in [0.717, 1.165) is 11.1 Å². The van der Waals surface area contributed by atoms with Crippen LogP contribution >= 0.6 is 23.2 Å². The minimum absolute atomic E-state index is 0.0106. The van der Waals surface area contributed by atoms with E-state index in [0.29, 0.717) is 10.0 Å². The van der Waals surface area contributed by atoms with Crippen LogP contribution in [0, 0.1) is 0 Å². The molecule has 2 fully saturated rings. The lowest BCUT2D eigenvalue weighted by molar-refractivity contribution is -0.239. The molecule has 0 aliphatic carbocycles. The van der Waals surface area contributed by atoms with E-state index in [-0.39, 0.29) is 13.2 Å². The third kappa shape index (κ3) is 4.20. The van der Waals surface area contributed by atoms with E-state index in [1.165, 1.54) is 0 Å². The standard InChI is InChI=1S/C20H20Cl2O6/c21-13-5-1-11(2-6-13)19-25-10-15(24)17-18(16(9-23)26-19)28-20(27-17)12-3-7-14(22)8-4-12/h1-8,15-20,23-24H,9-10H2/t15-,16+,17+,18+,19?,20?/m1/s1. The molecule has 0 amide bonds. The Kier molecular flexibility index (Phi) is 6.20. The van der Waals surface area contributed by atoms with Gasteiger partial charge in [-0.25, -0.2) is 0 Å². The van der Waals surface area contributed by atoms with Crippen LogP contribution in [0.15, 0.2) is 48.5 Å². The molecule has 6 atom stereocenters. The van der Waals surface area contributed by atoms with Gasteiger partial charge in [-0.15, -0.1) is 0 Å². The first kappa shape index (κ1) is 20.1. The summed E-state index contributed by atoms with van der Waals surface area (Å²) < 4.78 is 23.7. The Balaban J connectivity index is 1.56. The minimum atomic E-state index is -0.949. The van der Waals surface area contributed by atoms with Gasteiger partial charge in [0.05, 0.1) is 13.2 Å². The molecule has 2 unspecified atom stereocenters. The van der Waals surface area contributed by atoms with E-state index in [4.69, 9.17) is 42.1 Å². The zero-order valence-electron chi connectivity index (χ0n) is 14.8. The highest BCUT2D eigenvalue weighted by molar-refractivity contribution is 6.30. The van der Waals surface area contributed by atoms with Gasteiger partial charge in [-0.2, -0.15) is 0 Å². The van der Waals surface area contributed by atoms with Crippen molar-refractivity contribution in [3.8, 4) is 0 Å². The van der Waals surface area contributed by atoms with Gasteiger partial charge in [-0.1, -0.05) is 47.5 Å². The van der Waals surface area contributed by atoms with Gasteiger partial charge in [-0.3, -0.25) is 0 Å². The molecule has 2 heterocycles. The third-order valence-corrected chi connectivity index (χ3v) is 5.32. The molecule has 2 aromatic rings. The largest absolute Gasteiger partial charge is 0.394 e. The van der Waals surface area contributed by atoms with Gasteiger partial charge in [0.15, 0.2) is 12.6 Å². The first-order chi connectivity index (χ1) is 13.5. The molecule has 2 aromatic carbocycles. The maximum atomic E-state index is 10.6. The Hall–Kier alpha value is -1.22. The number of aliphatic hydroxyl groups is 2. The van der Waals surface area contributed by atoms with Crippen LogP contribution in [0.5, 0.6) is 0 Å². The zero-order chi connectivity index (χ0) is 19.7. The summed E-state index contributed by atoms with van der Waals surface area (Å²) in [7, 11) is 0. The summed E-state index contributed by atoms with van der Waals surface area (Å²) in [5, 5.41) is 21.7. The van der Waals surface area contributed by atoms with Crippen molar-refractivity contribution in [1.29, 1.82) is 0 Å². The Labute approximate surface area is 172 Å². The van der Waals surface area contributed by atoms with Crippen LogP contribution in [-0.4, -0.2) is 47.8 Å². The van der Waals surface area contributed by atoms with Crippen LogP contribution < -0.4 is 0 Å². The topological polar surface area (TPSA) is 77.4 Å². The fourth-order valence-electron chi connectivity index (χ4n) is 3.36. The fraction of sp³-hybridized carbons (Fsp3) is 0.400. The molecular formula is C20H20Cl2O6. The smallest absolute Gasteiger partial charge is 0.184 e. The Morgan fingerprint density at radius 1 is 0.786 bits per heavy atom. The van der Waals surface area contributed by atoms with Crippen molar-refractivity contribution in [2.24, 2.45) is 0 Å². The van der Waals surface area contributed by atoms with Crippen LogP contribution in [0.25, 0.3) is 0 Å². The molecule has 150 valence electrons. The van der Waals surface area contributed by atoms with E-state index in [1.54, 1.807) is 48.5 Å². The fourth-order valence-corrected chi connectivity index (χ4v) is 3.61. The molecule has 2 saturated heterocycles. The van der Waals surface area contributed by atoms with Crippen LogP contribution in [-0.2, 0) is 18.9 Å². The molecule has 0 bridgehead atoms. The van der Waals surface area contributed by atoms with Crippen molar-refractivity contribution in [3.63, 3.8) is 0 Å². The normalized spacial score (nSPS) is 33.1. The number of rotatable bonds is 3. The lowest BCUT2D eigenvalue weighted by Gasteiger charge is -2.34. The molecule has 2 aliphatic heterocycles. The summed E-state index contributed by atoms with van der Waals surface area (Å²) in [6.45, 7) is -0.332. The molecule has 0 spiro atoms. The van der Waals surface area contributed by atoms with Gasteiger partial charge in [0.25, 0.3) is 0 Å². The summed E-state index contributed by atoms with van der Waals surface area (Å²) in [4.78, 5) is 0. The second kappa shape index (κ2) is 8.65. The quantitative estimate of drug-likeness (QED) is 0.784. The van der Waals surface area contributed by atoms with E-state index in [9.17, 15) is 10.2 Å².